The predicted molar refractivity (Wildman–Crippen MR) is 124 cm³/mol. The van der Waals surface area contributed by atoms with Crippen LogP contribution in [0.25, 0.3) is 0 Å². The SMILES string of the molecule is CCCNC(=O)[C@@H](C)N(Cc1ccc(Cl)cc1)C(=O)COc1ccc(CC)cc1Br. The smallest absolute Gasteiger partial charge is 0.261 e. The van der Waals surface area contributed by atoms with Gasteiger partial charge in [-0.1, -0.05) is 43.6 Å². The van der Waals surface area contributed by atoms with Gasteiger partial charge in [0.15, 0.2) is 6.61 Å². The maximum absolute atomic E-state index is 13.0. The van der Waals surface area contributed by atoms with Crippen LogP contribution in [0.4, 0.5) is 0 Å². The molecule has 0 aromatic heterocycles. The number of aryl methyl sites for hydroxylation is 1. The summed E-state index contributed by atoms with van der Waals surface area (Å²) in [5.74, 6) is 0.137. The van der Waals surface area contributed by atoms with Crippen molar-refractivity contribution in [3.63, 3.8) is 0 Å². The molecule has 2 rings (SSSR count). The fourth-order valence-corrected chi connectivity index (χ4v) is 3.54. The highest BCUT2D eigenvalue weighted by Gasteiger charge is 2.26. The van der Waals surface area contributed by atoms with Crippen LogP contribution in [0.5, 0.6) is 5.75 Å². The number of hydrogen-bond acceptors (Lipinski definition) is 3. The summed E-state index contributed by atoms with van der Waals surface area (Å²) in [5, 5.41) is 3.48. The average Bonchev–Trinajstić information content (AvgIpc) is 2.75. The van der Waals surface area contributed by atoms with E-state index in [1.54, 1.807) is 19.1 Å². The number of nitrogens with zero attached hydrogens (tertiary/aromatic N) is 1. The minimum Gasteiger partial charge on any atom is -0.483 e. The van der Waals surface area contributed by atoms with E-state index in [1.165, 1.54) is 10.5 Å². The van der Waals surface area contributed by atoms with Gasteiger partial charge in [-0.15, -0.1) is 0 Å². The zero-order chi connectivity index (χ0) is 22.1. The number of carbonyl (C=O) groups is 2. The minimum atomic E-state index is -0.630. The predicted octanol–water partition coefficient (Wildman–Crippen LogP) is 4.99. The van der Waals surface area contributed by atoms with Gasteiger partial charge in [-0.05, 0) is 71.1 Å². The van der Waals surface area contributed by atoms with Crippen LogP contribution in [0, 0.1) is 0 Å². The third kappa shape index (κ3) is 7.03. The van der Waals surface area contributed by atoms with Crippen molar-refractivity contribution < 1.29 is 14.3 Å². The quantitative estimate of drug-likeness (QED) is 0.505. The van der Waals surface area contributed by atoms with E-state index in [0.717, 1.165) is 22.9 Å². The number of carbonyl (C=O) groups excluding carboxylic acids is 2. The van der Waals surface area contributed by atoms with Crippen LogP contribution < -0.4 is 10.1 Å². The number of ether oxygens (including phenoxy) is 1. The van der Waals surface area contributed by atoms with Gasteiger partial charge >= 0.3 is 0 Å². The second kappa shape index (κ2) is 12.0. The lowest BCUT2D eigenvalue weighted by Gasteiger charge is -2.28. The Kier molecular flexibility index (Phi) is 9.66. The molecule has 0 spiro atoms. The second-order valence-electron chi connectivity index (χ2n) is 7.02. The van der Waals surface area contributed by atoms with Crippen molar-refractivity contribution in [3.05, 3.63) is 63.1 Å². The largest absolute Gasteiger partial charge is 0.483 e. The molecule has 2 aromatic rings. The number of hydrogen-bond donors (Lipinski definition) is 1. The van der Waals surface area contributed by atoms with E-state index >= 15 is 0 Å². The van der Waals surface area contributed by atoms with Gasteiger partial charge in [-0.25, -0.2) is 0 Å². The highest BCUT2D eigenvalue weighted by molar-refractivity contribution is 9.10. The lowest BCUT2D eigenvalue weighted by Crippen LogP contribution is -2.49. The molecule has 0 heterocycles. The van der Waals surface area contributed by atoms with E-state index in [4.69, 9.17) is 16.3 Å². The third-order valence-electron chi connectivity index (χ3n) is 4.74. The first-order valence-electron chi connectivity index (χ1n) is 10.1. The molecular formula is C23H28BrClN2O3. The van der Waals surface area contributed by atoms with Gasteiger partial charge in [0, 0.05) is 18.1 Å². The van der Waals surface area contributed by atoms with Gasteiger partial charge in [-0.2, -0.15) is 0 Å². The highest BCUT2D eigenvalue weighted by atomic mass is 79.9. The molecule has 0 unspecified atom stereocenters. The Morgan fingerprint density at radius 3 is 2.40 bits per heavy atom. The summed E-state index contributed by atoms with van der Waals surface area (Å²) in [7, 11) is 0. The first-order chi connectivity index (χ1) is 14.3. The molecule has 30 heavy (non-hydrogen) atoms. The molecule has 5 nitrogen and oxygen atoms in total. The highest BCUT2D eigenvalue weighted by Crippen LogP contribution is 2.26. The van der Waals surface area contributed by atoms with Crippen molar-refractivity contribution in [2.24, 2.45) is 0 Å². The standard InChI is InChI=1S/C23H28BrClN2O3/c1-4-12-26-23(29)16(3)27(14-18-6-9-19(25)10-7-18)22(28)15-30-21-11-8-17(5-2)13-20(21)24/h6-11,13,16H,4-5,12,14-15H2,1-3H3,(H,26,29)/t16-/m1/s1. The Balaban J connectivity index is 2.14. The van der Waals surface area contributed by atoms with Gasteiger partial charge in [0.1, 0.15) is 11.8 Å². The lowest BCUT2D eigenvalue weighted by molar-refractivity contribution is -0.142. The molecule has 0 bridgehead atoms. The Morgan fingerprint density at radius 1 is 1.13 bits per heavy atom. The molecule has 0 aliphatic carbocycles. The number of benzene rings is 2. The molecule has 0 saturated heterocycles. The average molecular weight is 496 g/mol. The van der Waals surface area contributed by atoms with Crippen LogP contribution in [0.15, 0.2) is 46.9 Å². The van der Waals surface area contributed by atoms with Gasteiger partial charge in [0.25, 0.3) is 5.91 Å². The fourth-order valence-electron chi connectivity index (χ4n) is 2.87. The third-order valence-corrected chi connectivity index (χ3v) is 5.61. The summed E-state index contributed by atoms with van der Waals surface area (Å²) >= 11 is 9.46. The van der Waals surface area contributed by atoms with Crippen molar-refractivity contribution >= 4 is 39.3 Å². The van der Waals surface area contributed by atoms with Gasteiger partial charge < -0.3 is 15.0 Å². The van der Waals surface area contributed by atoms with Crippen LogP contribution in [0.1, 0.15) is 38.3 Å². The lowest BCUT2D eigenvalue weighted by atomic mass is 10.1. The van der Waals surface area contributed by atoms with Crippen molar-refractivity contribution in [2.45, 2.75) is 46.2 Å². The fraction of sp³-hybridized carbons (Fsp3) is 0.391. The molecular weight excluding hydrogens is 468 g/mol. The maximum Gasteiger partial charge on any atom is 0.261 e. The molecule has 7 heteroatoms. The van der Waals surface area contributed by atoms with Crippen LogP contribution >= 0.6 is 27.5 Å². The summed E-state index contributed by atoms with van der Waals surface area (Å²) in [6.45, 7) is 6.48. The first kappa shape index (κ1) is 24.2. The first-order valence-corrected chi connectivity index (χ1v) is 11.3. The summed E-state index contributed by atoms with van der Waals surface area (Å²) in [6, 6.07) is 12.4. The number of halogens is 2. The van der Waals surface area contributed by atoms with E-state index in [-0.39, 0.29) is 25.0 Å². The Bertz CT molecular complexity index is 858. The van der Waals surface area contributed by atoms with E-state index in [1.807, 2.05) is 37.3 Å². The Hall–Kier alpha value is -2.05. The summed E-state index contributed by atoms with van der Waals surface area (Å²) in [6.07, 6.45) is 1.74. The Morgan fingerprint density at radius 2 is 1.80 bits per heavy atom. The van der Waals surface area contributed by atoms with Crippen molar-refractivity contribution in [3.8, 4) is 5.75 Å². The van der Waals surface area contributed by atoms with Gasteiger partial charge in [0.05, 0.1) is 4.47 Å². The van der Waals surface area contributed by atoms with Crippen LogP contribution in [-0.4, -0.2) is 35.9 Å². The molecule has 0 radical (unpaired) electrons. The van der Waals surface area contributed by atoms with Crippen molar-refractivity contribution in [2.75, 3.05) is 13.2 Å². The molecule has 2 amide bonds. The van der Waals surface area contributed by atoms with Crippen LogP contribution in [0.3, 0.4) is 0 Å². The molecule has 0 saturated carbocycles. The summed E-state index contributed by atoms with van der Waals surface area (Å²) in [5.41, 5.74) is 2.06. The molecule has 0 aliphatic rings. The molecule has 0 aliphatic heterocycles. The van der Waals surface area contributed by atoms with Crippen molar-refractivity contribution in [1.82, 2.24) is 10.2 Å². The van der Waals surface area contributed by atoms with E-state index in [0.29, 0.717) is 17.3 Å². The van der Waals surface area contributed by atoms with E-state index in [9.17, 15) is 9.59 Å². The van der Waals surface area contributed by atoms with Gasteiger partial charge in [-0.3, -0.25) is 9.59 Å². The zero-order valence-electron chi connectivity index (χ0n) is 17.6. The topological polar surface area (TPSA) is 58.6 Å². The normalized spacial score (nSPS) is 11.6. The molecule has 162 valence electrons. The molecule has 1 N–H and O–H groups in total. The van der Waals surface area contributed by atoms with Gasteiger partial charge in [0.2, 0.25) is 5.91 Å². The number of nitrogens with one attached hydrogen (secondary N) is 1. The molecule has 2 aromatic carbocycles. The van der Waals surface area contributed by atoms with Crippen molar-refractivity contribution in [1.29, 1.82) is 0 Å². The maximum atomic E-state index is 13.0. The molecule has 0 fully saturated rings. The zero-order valence-corrected chi connectivity index (χ0v) is 19.9. The second-order valence-corrected chi connectivity index (χ2v) is 8.31. The van der Waals surface area contributed by atoms with E-state index < -0.39 is 6.04 Å². The Labute approximate surface area is 191 Å². The molecule has 1 atom stereocenters. The van der Waals surface area contributed by atoms with E-state index in [2.05, 4.69) is 28.2 Å². The van der Waals surface area contributed by atoms with Crippen LogP contribution in [0.2, 0.25) is 5.02 Å². The minimum absolute atomic E-state index is 0.164. The summed E-state index contributed by atoms with van der Waals surface area (Å²) < 4.78 is 6.55. The summed E-state index contributed by atoms with van der Waals surface area (Å²) in [4.78, 5) is 27.1. The van der Waals surface area contributed by atoms with Crippen LogP contribution in [-0.2, 0) is 22.6 Å². The number of rotatable bonds is 10. The number of amides is 2. The monoisotopic (exact) mass is 494 g/mol.